The second-order valence-electron chi connectivity index (χ2n) is 6.75. The maximum Gasteiger partial charge on any atom is 0.255 e. The summed E-state index contributed by atoms with van der Waals surface area (Å²) in [5.41, 5.74) is 10.0. The smallest absolute Gasteiger partial charge is 0.255 e. The second-order valence-corrected chi connectivity index (χ2v) is 7.16. The molecule has 1 aliphatic rings. The first-order valence-electron chi connectivity index (χ1n) is 8.69. The summed E-state index contributed by atoms with van der Waals surface area (Å²) in [6, 6.07) is 11.5. The largest absolute Gasteiger partial charge is 0.397 e. The number of nitrogens with zero attached hydrogens (tertiary/aromatic N) is 1. The Morgan fingerprint density at radius 2 is 2.08 bits per heavy atom. The summed E-state index contributed by atoms with van der Waals surface area (Å²) in [6.45, 7) is 5.14. The molecule has 0 saturated carbocycles. The van der Waals surface area contributed by atoms with Gasteiger partial charge in [0.1, 0.15) is 0 Å². The van der Waals surface area contributed by atoms with E-state index < -0.39 is 0 Å². The van der Waals surface area contributed by atoms with Crippen LogP contribution in [0.2, 0.25) is 5.02 Å². The van der Waals surface area contributed by atoms with Gasteiger partial charge in [0.05, 0.1) is 22.1 Å². The standard InChI is InChI=1S/C20H24ClN3O/c1-13-6-5-8-15(10-13)20(25)23-18-12-19(17(22)11-16(18)21)24-9-4-3-7-14(24)2/h5-6,8,10-12,14H,3-4,7,9,22H2,1-2H3,(H,23,25). The van der Waals surface area contributed by atoms with Gasteiger partial charge in [0.15, 0.2) is 0 Å². The maximum atomic E-state index is 12.5. The van der Waals surface area contributed by atoms with Crippen LogP contribution in [0.1, 0.15) is 42.1 Å². The molecule has 4 nitrogen and oxygen atoms in total. The van der Waals surface area contributed by atoms with E-state index in [0.29, 0.717) is 28.0 Å². The molecular weight excluding hydrogens is 334 g/mol. The number of carbonyl (C=O) groups excluding carboxylic acids is 1. The van der Waals surface area contributed by atoms with Crippen LogP contribution >= 0.6 is 11.6 Å². The van der Waals surface area contributed by atoms with Gasteiger partial charge < -0.3 is 16.0 Å². The van der Waals surface area contributed by atoms with Crippen LogP contribution in [0.15, 0.2) is 36.4 Å². The molecule has 0 spiro atoms. The number of nitrogens with two attached hydrogens (primary N) is 1. The number of piperidine rings is 1. The van der Waals surface area contributed by atoms with E-state index >= 15 is 0 Å². The van der Waals surface area contributed by atoms with Crippen LogP contribution in [0, 0.1) is 6.92 Å². The highest BCUT2D eigenvalue weighted by molar-refractivity contribution is 6.34. The number of rotatable bonds is 3. The first-order valence-corrected chi connectivity index (χ1v) is 9.07. The predicted octanol–water partition coefficient (Wildman–Crippen LogP) is 4.86. The summed E-state index contributed by atoms with van der Waals surface area (Å²) < 4.78 is 0. The van der Waals surface area contributed by atoms with E-state index in [4.69, 9.17) is 17.3 Å². The average molecular weight is 358 g/mol. The molecule has 1 amide bonds. The SMILES string of the molecule is Cc1cccc(C(=O)Nc2cc(N3CCCCC3C)c(N)cc2Cl)c1. The Bertz CT molecular complexity index is 791. The van der Waals surface area contributed by atoms with Crippen molar-refractivity contribution in [3.05, 3.63) is 52.5 Å². The van der Waals surface area contributed by atoms with Gasteiger partial charge in [0, 0.05) is 18.2 Å². The lowest BCUT2D eigenvalue weighted by Gasteiger charge is -2.36. The van der Waals surface area contributed by atoms with E-state index in [1.165, 1.54) is 6.42 Å². The molecule has 1 atom stereocenters. The Labute approximate surface area is 154 Å². The van der Waals surface area contributed by atoms with Crippen LogP contribution in [-0.4, -0.2) is 18.5 Å². The molecule has 2 aromatic carbocycles. The van der Waals surface area contributed by atoms with Crippen LogP contribution in [-0.2, 0) is 0 Å². The fourth-order valence-corrected chi connectivity index (χ4v) is 3.58. The molecule has 3 rings (SSSR count). The molecule has 3 N–H and O–H groups in total. The minimum absolute atomic E-state index is 0.173. The Hall–Kier alpha value is -2.20. The van der Waals surface area contributed by atoms with Crippen molar-refractivity contribution in [1.29, 1.82) is 0 Å². The number of halogens is 1. The molecule has 0 aromatic heterocycles. The van der Waals surface area contributed by atoms with E-state index in [2.05, 4.69) is 17.1 Å². The summed E-state index contributed by atoms with van der Waals surface area (Å²) in [6.07, 6.45) is 3.53. The number of amides is 1. The number of benzene rings is 2. The van der Waals surface area contributed by atoms with Crippen LogP contribution < -0.4 is 16.0 Å². The van der Waals surface area contributed by atoms with Crippen molar-refractivity contribution < 1.29 is 4.79 Å². The lowest BCUT2D eigenvalue weighted by molar-refractivity contribution is 0.102. The van der Waals surface area contributed by atoms with Gasteiger partial charge >= 0.3 is 0 Å². The molecule has 5 heteroatoms. The van der Waals surface area contributed by atoms with E-state index in [0.717, 1.165) is 30.6 Å². The fourth-order valence-electron chi connectivity index (χ4n) is 3.36. The highest BCUT2D eigenvalue weighted by Crippen LogP contribution is 2.36. The van der Waals surface area contributed by atoms with Crippen molar-refractivity contribution in [1.82, 2.24) is 0 Å². The number of nitrogen functional groups attached to an aromatic ring is 1. The monoisotopic (exact) mass is 357 g/mol. The fraction of sp³-hybridized carbons (Fsp3) is 0.350. The molecule has 1 fully saturated rings. The zero-order valence-corrected chi connectivity index (χ0v) is 15.4. The van der Waals surface area contributed by atoms with Crippen LogP contribution in [0.25, 0.3) is 0 Å². The lowest BCUT2D eigenvalue weighted by atomic mass is 10.0. The van der Waals surface area contributed by atoms with E-state index in [-0.39, 0.29) is 5.91 Å². The van der Waals surface area contributed by atoms with Crippen molar-refractivity contribution in [2.45, 2.75) is 39.2 Å². The number of aryl methyl sites for hydroxylation is 1. The molecule has 2 aromatic rings. The quantitative estimate of drug-likeness (QED) is 0.771. The van der Waals surface area contributed by atoms with Crippen LogP contribution in [0.3, 0.4) is 0 Å². The third-order valence-corrected chi connectivity index (χ3v) is 5.07. The molecule has 1 unspecified atom stereocenters. The van der Waals surface area contributed by atoms with Crippen LogP contribution in [0.4, 0.5) is 17.1 Å². The summed E-state index contributed by atoms with van der Waals surface area (Å²) in [4.78, 5) is 14.8. The van der Waals surface area contributed by atoms with Gasteiger partial charge in [0.25, 0.3) is 5.91 Å². The highest BCUT2D eigenvalue weighted by atomic mass is 35.5. The van der Waals surface area contributed by atoms with Gasteiger partial charge in [-0.25, -0.2) is 0 Å². The highest BCUT2D eigenvalue weighted by Gasteiger charge is 2.22. The van der Waals surface area contributed by atoms with Crippen molar-refractivity contribution in [2.75, 3.05) is 22.5 Å². The Morgan fingerprint density at radius 1 is 1.28 bits per heavy atom. The number of anilines is 3. The van der Waals surface area contributed by atoms with Gasteiger partial charge in [-0.3, -0.25) is 4.79 Å². The normalized spacial score (nSPS) is 17.4. The molecule has 1 heterocycles. The number of hydrogen-bond acceptors (Lipinski definition) is 3. The number of carbonyl (C=O) groups is 1. The molecular formula is C20H24ClN3O. The van der Waals surface area contributed by atoms with Gasteiger partial charge in [-0.2, -0.15) is 0 Å². The third-order valence-electron chi connectivity index (χ3n) is 4.76. The average Bonchev–Trinajstić information content (AvgIpc) is 2.58. The molecule has 132 valence electrons. The minimum Gasteiger partial charge on any atom is -0.397 e. The summed E-state index contributed by atoms with van der Waals surface area (Å²) >= 11 is 6.33. The van der Waals surface area contributed by atoms with E-state index in [1.54, 1.807) is 12.1 Å². The predicted molar refractivity (Wildman–Crippen MR) is 106 cm³/mol. The van der Waals surface area contributed by atoms with Gasteiger partial charge in [-0.05, 0) is 57.4 Å². The van der Waals surface area contributed by atoms with Gasteiger partial charge in [-0.1, -0.05) is 29.3 Å². The van der Waals surface area contributed by atoms with E-state index in [9.17, 15) is 4.79 Å². The lowest BCUT2D eigenvalue weighted by Crippen LogP contribution is -2.37. The summed E-state index contributed by atoms with van der Waals surface area (Å²) in [5.74, 6) is -0.173. The molecule has 1 aliphatic heterocycles. The second kappa shape index (κ2) is 7.36. The number of hydrogen-bond donors (Lipinski definition) is 2. The van der Waals surface area contributed by atoms with Gasteiger partial charge in [-0.15, -0.1) is 0 Å². The summed E-state index contributed by atoms with van der Waals surface area (Å²) in [7, 11) is 0. The Balaban J connectivity index is 1.88. The number of nitrogens with one attached hydrogen (secondary N) is 1. The third kappa shape index (κ3) is 3.90. The van der Waals surface area contributed by atoms with Gasteiger partial charge in [0.2, 0.25) is 0 Å². The molecule has 0 radical (unpaired) electrons. The Morgan fingerprint density at radius 3 is 2.80 bits per heavy atom. The van der Waals surface area contributed by atoms with Crippen molar-refractivity contribution in [3.8, 4) is 0 Å². The Kier molecular flexibility index (Phi) is 5.19. The van der Waals surface area contributed by atoms with Crippen molar-refractivity contribution in [3.63, 3.8) is 0 Å². The van der Waals surface area contributed by atoms with E-state index in [1.807, 2.05) is 31.2 Å². The van der Waals surface area contributed by atoms with Crippen molar-refractivity contribution in [2.24, 2.45) is 0 Å². The first-order chi connectivity index (χ1) is 12.0. The first kappa shape index (κ1) is 17.6. The molecule has 0 bridgehead atoms. The molecule has 0 aliphatic carbocycles. The maximum absolute atomic E-state index is 12.5. The topological polar surface area (TPSA) is 58.4 Å². The minimum atomic E-state index is -0.173. The molecule has 1 saturated heterocycles. The zero-order valence-electron chi connectivity index (χ0n) is 14.7. The zero-order chi connectivity index (χ0) is 18.0. The molecule has 25 heavy (non-hydrogen) atoms. The summed E-state index contributed by atoms with van der Waals surface area (Å²) in [5, 5.41) is 3.37. The van der Waals surface area contributed by atoms with Crippen LogP contribution in [0.5, 0.6) is 0 Å². The van der Waals surface area contributed by atoms with Crippen molar-refractivity contribution >= 4 is 34.6 Å².